The van der Waals surface area contributed by atoms with E-state index in [9.17, 15) is 13.2 Å². The van der Waals surface area contributed by atoms with Crippen molar-refractivity contribution in [3.05, 3.63) is 0 Å². The van der Waals surface area contributed by atoms with Crippen molar-refractivity contribution >= 4 is 15.9 Å². The Balaban J connectivity index is 2.10. The van der Waals surface area contributed by atoms with Gasteiger partial charge in [-0.2, -0.15) is 4.31 Å². The van der Waals surface area contributed by atoms with Crippen molar-refractivity contribution in [3.8, 4) is 0 Å². The maximum Gasteiger partial charge on any atom is 0.264 e. The van der Waals surface area contributed by atoms with E-state index in [2.05, 4.69) is 0 Å². The van der Waals surface area contributed by atoms with Crippen LogP contribution in [-0.4, -0.2) is 55.7 Å². The largest absolute Gasteiger partial charge is 0.271 e. The number of hydrogen-bond acceptors (Lipinski definition) is 4. The van der Waals surface area contributed by atoms with Crippen LogP contribution in [0.2, 0.25) is 0 Å². The Bertz CT molecular complexity index is 375. The van der Waals surface area contributed by atoms with Gasteiger partial charge in [0.25, 0.3) is 5.91 Å². The second-order valence-electron chi connectivity index (χ2n) is 4.16. The number of carbonyl (C=O) groups is 1. The Labute approximate surface area is 95.2 Å². The van der Waals surface area contributed by atoms with Gasteiger partial charge in [-0.25, -0.2) is 13.5 Å². The maximum absolute atomic E-state index is 12.0. The van der Waals surface area contributed by atoms with Gasteiger partial charge in [-0.3, -0.25) is 9.63 Å². The first kappa shape index (κ1) is 11.8. The number of amides is 1. The van der Waals surface area contributed by atoms with Crippen LogP contribution in [0.15, 0.2) is 0 Å². The van der Waals surface area contributed by atoms with Crippen molar-refractivity contribution in [2.45, 2.75) is 25.3 Å². The average Bonchev–Trinajstić information content (AvgIpc) is 2.87. The van der Waals surface area contributed by atoms with Gasteiger partial charge < -0.3 is 0 Å². The van der Waals surface area contributed by atoms with E-state index in [-0.39, 0.29) is 5.91 Å². The van der Waals surface area contributed by atoms with E-state index in [1.807, 2.05) is 0 Å². The quantitative estimate of drug-likeness (QED) is 0.665. The van der Waals surface area contributed by atoms with Crippen LogP contribution in [0.4, 0.5) is 0 Å². The first-order chi connectivity index (χ1) is 7.50. The summed E-state index contributed by atoms with van der Waals surface area (Å²) < 4.78 is 24.2. The second-order valence-corrected chi connectivity index (χ2v) is 6.09. The Morgan fingerprint density at radius 3 is 2.62 bits per heavy atom. The van der Waals surface area contributed by atoms with Crippen LogP contribution in [0.5, 0.6) is 0 Å². The first-order valence-electron chi connectivity index (χ1n) is 5.41. The van der Waals surface area contributed by atoms with Gasteiger partial charge in [-0.1, -0.05) is 0 Å². The van der Waals surface area contributed by atoms with Crippen molar-refractivity contribution in [3.63, 3.8) is 0 Å². The van der Waals surface area contributed by atoms with Crippen molar-refractivity contribution in [1.29, 1.82) is 0 Å². The standard InChI is InChI=1S/C9H16N2O4S/c1-16(13,14)11-6-2-4-8(11)9(12)10-5-3-7-15-10/h8H,2-7H2,1H3. The lowest BCUT2D eigenvalue weighted by molar-refractivity contribution is -0.172. The molecule has 0 radical (unpaired) electrons. The molecule has 0 aromatic heterocycles. The van der Waals surface area contributed by atoms with Crippen molar-refractivity contribution in [1.82, 2.24) is 9.37 Å². The van der Waals surface area contributed by atoms with Gasteiger partial charge in [0.2, 0.25) is 10.0 Å². The maximum atomic E-state index is 12.0. The van der Waals surface area contributed by atoms with Crippen molar-refractivity contribution in [2.24, 2.45) is 0 Å². The number of rotatable bonds is 2. The smallest absolute Gasteiger partial charge is 0.264 e. The van der Waals surface area contributed by atoms with E-state index >= 15 is 0 Å². The highest BCUT2D eigenvalue weighted by Crippen LogP contribution is 2.23. The van der Waals surface area contributed by atoms with Gasteiger partial charge in [-0.15, -0.1) is 0 Å². The lowest BCUT2D eigenvalue weighted by atomic mass is 10.2. The molecule has 0 aromatic carbocycles. The lowest BCUT2D eigenvalue weighted by Crippen LogP contribution is -2.46. The minimum Gasteiger partial charge on any atom is -0.271 e. The van der Waals surface area contributed by atoms with E-state index in [1.165, 1.54) is 9.37 Å². The first-order valence-corrected chi connectivity index (χ1v) is 7.26. The molecule has 2 aliphatic rings. The summed E-state index contributed by atoms with van der Waals surface area (Å²) in [4.78, 5) is 17.1. The molecule has 92 valence electrons. The van der Waals surface area contributed by atoms with Gasteiger partial charge >= 0.3 is 0 Å². The summed E-state index contributed by atoms with van der Waals surface area (Å²) in [6.07, 6.45) is 3.28. The fourth-order valence-electron chi connectivity index (χ4n) is 2.17. The zero-order valence-electron chi connectivity index (χ0n) is 9.26. The Hall–Kier alpha value is -0.660. The summed E-state index contributed by atoms with van der Waals surface area (Å²) in [5.41, 5.74) is 0. The molecule has 0 N–H and O–H groups in total. The number of carbonyl (C=O) groups excluding carboxylic acids is 1. The number of nitrogens with zero attached hydrogens (tertiary/aromatic N) is 2. The Morgan fingerprint density at radius 2 is 2.06 bits per heavy atom. The van der Waals surface area contributed by atoms with Crippen LogP contribution in [0.3, 0.4) is 0 Å². The predicted molar refractivity (Wildman–Crippen MR) is 56.9 cm³/mol. The van der Waals surface area contributed by atoms with Crippen molar-refractivity contribution in [2.75, 3.05) is 26.0 Å². The fourth-order valence-corrected chi connectivity index (χ4v) is 3.29. The SMILES string of the molecule is CS(=O)(=O)N1CCCC1C(=O)N1CCCO1. The molecular weight excluding hydrogens is 232 g/mol. The van der Waals surface area contributed by atoms with Gasteiger partial charge in [0, 0.05) is 6.54 Å². The molecule has 7 heteroatoms. The molecule has 2 rings (SSSR count). The molecule has 0 aliphatic carbocycles. The second kappa shape index (κ2) is 4.31. The van der Waals surface area contributed by atoms with E-state index in [0.29, 0.717) is 26.1 Å². The fraction of sp³-hybridized carbons (Fsp3) is 0.889. The highest BCUT2D eigenvalue weighted by atomic mass is 32.2. The van der Waals surface area contributed by atoms with Crippen LogP contribution >= 0.6 is 0 Å². The molecule has 2 saturated heterocycles. The third-order valence-corrected chi connectivity index (χ3v) is 4.20. The number of sulfonamides is 1. The topological polar surface area (TPSA) is 66.9 Å². The van der Waals surface area contributed by atoms with Gasteiger partial charge in [0.1, 0.15) is 6.04 Å². The van der Waals surface area contributed by atoms with Crippen LogP contribution < -0.4 is 0 Å². The highest BCUT2D eigenvalue weighted by Gasteiger charge is 2.39. The zero-order valence-corrected chi connectivity index (χ0v) is 10.1. The van der Waals surface area contributed by atoms with Crippen LogP contribution in [0.25, 0.3) is 0 Å². The molecule has 2 aliphatic heterocycles. The molecule has 1 atom stereocenters. The minimum absolute atomic E-state index is 0.222. The molecule has 0 aromatic rings. The monoisotopic (exact) mass is 248 g/mol. The zero-order chi connectivity index (χ0) is 11.8. The molecule has 1 amide bonds. The van der Waals surface area contributed by atoms with E-state index in [1.54, 1.807) is 0 Å². The number of hydroxylamine groups is 2. The normalized spacial score (nSPS) is 27.6. The van der Waals surface area contributed by atoms with E-state index in [0.717, 1.165) is 19.1 Å². The van der Waals surface area contributed by atoms with Gasteiger partial charge in [0.05, 0.1) is 19.4 Å². The molecule has 2 heterocycles. The minimum atomic E-state index is -3.30. The van der Waals surface area contributed by atoms with Crippen molar-refractivity contribution < 1.29 is 18.0 Å². The van der Waals surface area contributed by atoms with Crippen LogP contribution in [-0.2, 0) is 19.7 Å². The molecule has 16 heavy (non-hydrogen) atoms. The molecule has 6 nitrogen and oxygen atoms in total. The highest BCUT2D eigenvalue weighted by molar-refractivity contribution is 7.88. The third-order valence-electron chi connectivity index (χ3n) is 2.91. The molecule has 0 saturated carbocycles. The predicted octanol–water partition coefficient (Wildman–Crippen LogP) is -0.426. The van der Waals surface area contributed by atoms with Crippen LogP contribution in [0.1, 0.15) is 19.3 Å². The molecule has 1 unspecified atom stereocenters. The van der Waals surface area contributed by atoms with E-state index < -0.39 is 16.1 Å². The summed E-state index contributed by atoms with van der Waals surface area (Å²) in [6.45, 7) is 1.54. The lowest BCUT2D eigenvalue weighted by Gasteiger charge is -2.24. The molecular formula is C9H16N2O4S. The number of hydrogen-bond donors (Lipinski definition) is 0. The Kier molecular flexibility index (Phi) is 3.18. The van der Waals surface area contributed by atoms with E-state index in [4.69, 9.17) is 4.84 Å². The summed E-state index contributed by atoms with van der Waals surface area (Å²) in [5, 5.41) is 1.30. The summed E-state index contributed by atoms with van der Waals surface area (Å²) in [5.74, 6) is -0.222. The third kappa shape index (κ3) is 2.21. The summed E-state index contributed by atoms with van der Waals surface area (Å²) in [7, 11) is -3.30. The Morgan fingerprint density at radius 1 is 1.31 bits per heavy atom. The summed E-state index contributed by atoms with van der Waals surface area (Å²) >= 11 is 0. The summed E-state index contributed by atoms with van der Waals surface area (Å²) in [6, 6.07) is -0.562. The van der Waals surface area contributed by atoms with Crippen LogP contribution in [0, 0.1) is 0 Å². The molecule has 0 spiro atoms. The molecule has 2 fully saturated rings. The average molecular weight is 248 g/mol. The van der Waals surface area contributed by atoms with Gasteiger partial charge in [-0.05, 0) is 19.3 Å². The van der Waals surface area contributed by atoms with Gasteiger partial charge in [0.15, 0.2) is 0 Å². The molecule has 0 bridgehead atoms.